The van der Waals surface area contributed by atoms with Gasteiger partial charge in [0.25, 0.3) is 0 Å². The minimum Gasteiger partial charge on any atom is -0.488 e. The molecule has 1 N–H and O–H groups in total. The highest BCUT2D eigenvalue weighted by molar-refractivity contribution is 9.10. The number of carbonyl (C=O) groups is 2. The average Bonchev–Trinajstić information content (AvgIpc) is 2.81. The van der Waals surface area contributed by atoms with Gasteiger partial charge in [-0.15, -0.1) is 0 Å². The molecule has 1 aliphatic rings. The van der Waals surface area contributed by atoms with Crippen LogP contribution in [-0.2, 0) is 9.53 Å². The highest BCUT2D eigenvalue weighted by Crippen LogP contribution is 2.26. The van der Waals surface area contributed by atoms with Gasteiger partial charge in [0.15, 0.2) is 0 Å². The number of aliphatic carboxylic acids is 1. The number of carboxylic acid groups (broad SMARTS) is 1. The molecule has 1 aliphatic heterocycles. The second-order valence-corrected chi connectivity index (χ2v) is 7.34. The van der Waals surface area contributed by atoms with E-state index in [2.05, 4.69) is 15.9 Å². The zero-order valence-corrected chi connectivity index (χ0v) is 14.9. The summed E-state index contributed by atoms with van der Waals surface area (Å²) in [6.07, 6.45) is -0.802. The standard InChI is InChI=1S/C16H20BrNO5/c1-16(2,3)23-15(21)18-9-12(8-13(18)14(19)20)22-11-6-4-5-10(17)7-11/h4-7,12-13H,8-9H2,1-3H3,(H,19,20). The van der Waals surface area contributed by atoms with E-state index in [-0.39, 0.29) is 13.0 Å². The van der Waals surface area contributed by atoms with E-state index in [1.807, 2.05) is 12.1 Å². The van der Waals surface area contributed by atoms with Gasteiger partial charge < -0.3 is 14.6 Å². The van der Waals surface area contributed by atoms with Crippen molar-refractivity contribution in [2.45, 2.75) is 44.9 Å². The third-order valence-electron chi connectivity index (χ3n) is 3.27. The summed E-state index contributed by atoms with van der Waals surface area (Å²) >= 11 is 3.36. The van der Waals surface area contributed by atoms with Gasteiger partial charge in [-0.3, -0.25) is 4.90 Å². The molecule has 2 atom stereocenters. The van der Waals surface area contributed by atoms with Crippen LogP contribution in [0.15, 0.2) is 28.7 Å². The Morgan fingerprint density at radius 1 is 1.35 bits per heavy atom. The van der Waals surface area contributed by atoms with E-state index in [1.165, 1.54) is 4.90 Å². The summed E-state index contributed by atoms with van der Waals surface area (Å²) in [6, 6.07) is 6.34. The predicted molar refractivity (Wildman–Crippen MR) is 87.5 cm³/mol. The van der Waals surface area contributed by atoms with Gasteiger partial charge in [0.1, 0.15) is 23.5 Å². The van der Waals surface area contributed by atoms with Crippen molar-refractivity contribution >= 4 is 28.0 Å². The van der Waals surface area contributed by atoms with Gasteiger partial charge in [-0.05, 0) is 39.0 Å². The van der Waals surface area contributed by atoms with Crippen molar-refractivity contribution in [3.8, 4) is 5.75 Å². The number of halogens is 1. The number of rotatable bonds is 3. The molecule has 1 heterocycles. The molecule has 23 heavy (non-hydrogen) atoms. The lowest BCUT2D eigenvalue weighted by molar-refractivity contribution is -0.142. The quantitative estimate of drug-likeness (QED) is 0.863. The lowest BCUT2D eigenvalue weighted by atomic mass is 10.2. The maximum Gasteiger partial charge on any atom is 0.411 e. The second kappa shape index (κ2) is 6.78. The van der Waals surface area contributed by atoms with Gasteiger partial charge in [0.05, 0.1) is 6.54 Å². The first-order valence-corrected chi connectivity index (χ1v) is 8.09. The van der Waals surface area contributed by atoms with Crippen LogP contribution in [0.2, 0.25) is 0 Å². The molecule has 1 aromatic carbocycles. The Bertz CT molecular complexity index is 598. The Kier molecular flexibility index (Phi) is 5.19. The number of carboxylic acids is 1. The van der Waals surface area contributed by atoms with Crippen LogP contribution >= 0.6 is 15.9 Å². The first-order chi connectivity index (χ1) is 10.7. The van der Waals surface area contributed by atoms with Crippen LogP contribution in [0.1, 0.15) is 27.2 Å². The van der Waals surface area contributed by atoms with Crippen LogP contribution in [-0.4, -0.2) is 46.4 Å². The molecule has 6 nitrogen and oxygen atoms in total. The van der Waals surface area contributed by atoms with Gasteiger partial charge in [0.2, 0.25) is 0 Å². The van der Waals surface area contributed by atoms with Crippen LogP contribution < -0.4 is 4.74 Å². The van der Waals surface area contributed by atoms with E-state index in [9.17, 15) is 14.7 Å². The summed E-state index contributed by atoms with van der Waals surface area (Å²) < 4.78 is 12.0. The fourth-order valence-corrected chi connectivity index (χ4v) is 2.75. The number of hydrogen-bond donors (Lipinski definition) is 1. The summed E-state index contributed by atoms with van der Waals surface area (Å²) in [5.41, 5.74) is -0.677. The molecule has 0 saturated carbocycles. The summed E-state index contributed by atoms with van der Waals surface area (Å²) in [5, 5.41) is 9.35. The van der Waals surface area contributed by atoms with E-state index < -0.39 is 29.8 Å². The van der Waals surface area contributed by atoms with Gasteiger partial charge >= 0.3 is 12.1 Å². The van der Waals surface area contributed by atoms with E-state index in [0.717, 1.165) is 4.47 Å². The Labute approximate surface area is 143 Å². The van der Waals surface area contributed by atoms with Gasteiger partial charge in [0, 0.05) is 10.9 Å². The molecule has 1 amide bonds. The van der Waals surface area contributed by atoms with Crippen molar-refractivity contribution in [2.24, 2.45) is 0 Å². The molecule has 0 aliphatic carbocycles. The van der Waals surface area contributed by atoms with E-state index in [0.29, 0.717) is 5.75 Å². The zero-order valence-electron chi connectivity index (χ0n) is 13.3. The minimum atomic E-state index is -1.06. The first kappa shape index (κ1) is 17.6. The van der Waals surface area contributed by atoms with Gasteiger partial charge in [-0.1, -0.05) is 22.0 Å². The number of ether oxygens (including phenoxy) is 2. The molecule has 2 rings (SSSR count). The molecular weight excluding hydrogens is 366 g/mol. The molecule has 0 radical (unpaired) electrons. The van der Waals surface area contributed by atoms with Gasteiger partial charge in [-0.25, -0.2) is 9.59 Å². The number of nitrogens with zero attached hydrogens (tertiary/aromatic N) is 1. The Morgan fingerprint density at radius 2 is 2.04 bits per heavy atom. The summed E-state index contributed by atoms with van der Waals surface area (Å²) in [5.74, 6) is -0.434. The van der Waals surface area contributed by atoms with Crippen LogP contribution in [0.3, 0.4) is 0 Å². The maximum absolute atomic E-state index is 12.2. The highest BCUT2D eigenvalue weighted by atomic mass is 79.9. The van der Waals surface area contributed by atoms with Gasteiger partial charge in [-0.2, -0.15) is 0 Å². The minimum absolute atomic E-state index is 0.179. The Balaban J connectivity index is 2.08. The Morgan fingerprint density at radius 3 is 2.61 bits per heavy atom. The highest BCUT2D eigenvalue weighted by Gasteiger charge is 2.42. The van der Waals surface area contributed by atoms with E-state index >= 15 is 0 Å². The maximum atomic E-state index is 12.2. The molecule has 0 aromatic heterocycles. The molecule has 2 unspecified atom stereocenters. The largest absolute Gasteiger partial charge is 0.488 e. The Hall–Kier alpha value is -1.76. The van der Waals surface area contributed by atoms with Crippen LogP contribution in [0.5, 0.6) is 5.75 Å². The van der Waals surface area contributed by atoms with Crippen molar-refractivity contribution in [3.63, 3.8) is 0 Å². The molecule has 1 fully saturated rings. The normalized spacial score (nSPS) is 21.1. The van der Waals surface area contributed by atoms with Crippen molar-refractivity contribution < 1.29 is 24.2 Å². The van der Waals surface area contributed by atoms with Crippen LogP contribution in [0.4, 0.5) is 4.79 Å². The number of benzene rings is 1. The summed E-state index contributed by atoms with van der Waals surface area (Å²) in [4.78, 5) is 24.8. The SMILES string of the molecule is CC(C)(C)OC(=O)N1CC(Oc2cccc(Br)c2)CC1C(=O)O. The van der Waals surface area contributed by atoms with Crippen LogP contribution in [0, 0.1) is 0 Å². The topological polar surface area (TPSA) is 76.1 Å². The lowest BCUT2D eigenvalue weighted by Crippen LogP contribution is -2.43. The number of carbonyl (C=O) groups excluding carboxylic acids is 1. The fourth-order valence-electron chi connectivity index (χ4n) is 2.37. The molecule has 1 aromatic rings. The third-order valence-corrected chi connectivity index (χ3v) is 3.77. The second-order valence-electron chi connectivity index (χ2n) is 6.42. The number of likely N-dealkylation sites (tertiary alicyclic amines) is 1. The number of amides is 1. The summed E-state index contributed by atoms with van der Waals surface area (Å²) in [7, 11) is 0. The number of hydrogen-bond acceptors (Lipinski definition) is 4. The molecule has 0 bridgehead atoms. The molecule has 7 heteroatoms. The third kappa shape index (κ3) is 4.86. The molecule has 1 saturated heterocycles. The van der Waals surface area contributed by atoms with E-state index in [1.54, 1.807) is 32.9 Å². The van der Waals surface area contributed by atoms with Crippen molar-refractivity contribution in [3.05, 3.63) is 28.7 Å². The monoisotopic (exact) mass is 385 g/mol. The predicted octanol–water partition coefficient (Wildman–Crippen LogP) is 3.29. The zero-order chi connectivity index (χ0) is 17.2. The summed E-state index contributed by atoms with van der Waals surface area (Å²) in [6.45, 7) is 5.41. The van der Waals surface area contributed by atoms with Crippen molar-refractivity contribution in [1.82, 2.24) is 4.90 Å². The molecule has 0 spiro atoms. The smallest absolute Gasteiger partial charge is 0.411 e. The first-order valence-electron chi connectivity index (χ1n) is 7.30. The molecular formula is C16H20BrNO5. The fraction of sp³-hybridized carbons (Fsp3) is 0.500. The molecule has 126 valence electrons. The van der Waals surface area contributed by atoms with Crippen molar-refractivity contribution in [2.75, 3.05) is 6.54 Å². The average molecular weight is 386 g/mol. The lowest BCUT2D eigenvalue weighted by Gasteiger charge is -2.26. The van der Waals surface area contributed by atoms with Crippen molar-refractivity contribution in [1.29, 1.82) is 0 Å². The van der Waals surface area contributed by atoms with E-state index in [4.69, 9.17) is 9.47 Å². The van der Waals surface area contributed by atoms with Crippen LogP contribution in [0.25, 0.3) is 0 Å².